The first-order valence-corrected chi connectivity index (χ1v) is 6.45. The summed E-state index contributed by atoms with van der Waals surface area (Å²) in [4.78, 5) is 0. The van der Waals surface area contributed by atoms with Gasteiger partial charge >= 0.3 is 0 Å². The SMILES string of the molecule is CC(C)Cn1cnnc1-c1ccc2c(c1)CNC2. The molecule has 18 heavy (non-hydrogen) atoms. The Labute approximate surface area is 107 Å². The van der Waals surface area contributed by atoms with Crippen molar-refractivity contribution < 1.29 is 0 Å². The minimum absolute atomic E-state index is 0.593. The number of rotatable bonds is 3. The lowest BCUT2D eigenvalue weighted by Crippen LogP contribution is -2.05. The Bertz CT molecular complexity index is 557. The number of fused-ring (bicyclic) bond motifs is 1. The third-order valence-corrected chi connectivity index (χ3v) is 3.27. The van der Waals surface area contributed by atoms with E-state index in [9.17, 15) is 0 Å². The van der Waals surface area contributed by atoms with Gasteiger partial charge in [-0.15, -0.1) is 10.2 Å². The van der Waals surface area contributed by atoms with E-state index in [4.69, 9.17) is 0 Å². The molecular weight excluding hydrogens is 224 g/mol. The second-order valence-electron chi connectivity index (χ2n) is 5.29. The smallest absolute Gasteiger partial charge is 0.163 e. The Hall–Kier alpha value is -1.68. The van der Waals surface area contributed by atoms with Crippen LogP contribution in [0.5, 0.6) is 0 Å². The maximum atomic E-state index is 4.26. The first-order chi connectivity index (χ1) is 8.74. The number of nitrogens with zero attached hydrogens (tertiary/aromatic N) is 3. The van der Waals surface area contributed by atoms with Crippen molar-refractivity contribution in [3.8, 4) is 11.4 Å². The molecule has 1 aliphatic heterocycles. The minimum Gasteiger partial charge on any atom is -0.313 e. The van der Waals surface area contributed by atoms with Gasteiger partial charge in [-0.05, 0) is 23.1 Å². The Morgan fingerprint density at radius 1 is 1.28 bits per heavy atom. The van der Waals surface area contributed by atoms with Gasteiger partial charge < -0.3 is 9.88 Å². The van der Waals surface area contributed by atoms with Gasteiger partial charge in [-0.25, -0.2) is 0 Å². The zero-order chi connectivity index (χ0) is 12.5. The average Bonchev–Trinajstić information content (AvgIpc) is 2.95. The summed E-state index contributed by atoms with van der Waals surface area (Å²) >= 11 is 0. The van der Waals surface area contributed by atoms with Crippen molar-refractivity contribution in [1.29, 1.82) is 0 Å². The Morgan fingerprint density at radius 2 is 2.11 bits per heavy atom. The van der Waals surface area contributed by atoms with Crippen LogP contribution in [-0.4, -0.2) is 14.8 Å². The fourth-order valence-electron chi connectivity index (χ4n) is 2.44. The molecule has 0 bridgehead atoms. The monoisotopic (exact) mass is 242 g/mol. The van der Waals surface area contributed by atoms with E-state index in [0.29, 0.717) is 5.92 Å². The predicted molar refractivity (Wildman–Crippen MR) is 70.8 cm³/mol. The van der Waals surface area contributed by atoms with Crippen molar-refractivity contribution >= 4 is 0 Å². The minimum atomic E-state index is 0.593. The van der Waals surface area contributed by atoms with Gasteiger partial charge in [-0.2, -0.15) is 0 Å². The summed E-state index contributed by atoms with van der Waals surface area (Å²) in [5.74, 6) is 1.56. The number of hydrogen-bond donors (Lipinski definition) is 1. The van der Waals surface area contributed by atoms with Crippen LogP contribution < -0.4 is 5.32 Å². The van der Waals surface area contributed by atoms with Crippen molar-refractivity contribution in [3.05, 3.63) is 35.7 Å². The molecule has 0 atom stereocenters. The molecule has 4 heteroatoms. The molecule has 1 aliphatic rings. The molecule has 0 aliphatic carbocycles. The van der Waals surface area contributed by atoms with Crippen LogP contribution in [-0.2, 0) is 19.6 Å². The summed E-state index contributed by atoms with van der Waals surface area (Å²) in [5.41, 5.74) is 3.94. The summed E-state index contributed by atoms with van der Waals surface area (Å²) in [6.07, 6.45) is 1.82. The van der Waals surface area contributed by atoms with Gasteiger partial charge in [-0.1, -0.05) is 26.0 Å². The van der Waals surface area contributed by atoms with Crippen LogP contribution in [0.2, 0.25) is 0 Å². The van der Waals surface area contributed by atoms with E-state index in [-0.39, 0.29) is 0 Å². The lowest BCUT2D eigenvalue weighted by Gasteiger charge is -2.09. The lowest BCUT2D eigenvalue weighted by molar-refractivity contribution is 0.525. The van der Waals surface area contributed by atoms with E-state index in [2.05, 4.69) is 52.1 Å². The first-order valence-electron chi connectivity index (χ1n) is 6.45. The molecule has 1 N–H and O–H groups in total. The molecule has 0 saturated carbocycles. The molecule has 2 heterocycles. The van der Waals surface area contributed by atoms with E-state index >= 15 is 0 Å². The summed E-state index contributed by atoms with van der Waals surface area (Å²) in [6, 6.07) is 6.57. The maximum Gasteiger partial charge on any atom is 0.163 e. The van der Waals surface area contributed by atoms with E-state index < -0.39 is 0 Å². The standard InChI is InChI=1S/C14H18N4/c1-10(2)8-18-9-16-17-14(18)11-3-4-12-6-15-7-13(12)5-11/h3-5,9-10,15H,6-8H2,1-2H3. The van der Waals surface area contributed by atoms with Crippen LogP contribution in [0.15, 0.2) is 24.5 Å². The Morgan fingerprint density at radius 3 is 2.94 bits per heavy atom. The van der Waals surface area contributed by atoms with Gasteiger partial charge in [0.1, 0.15) is 6.33 Å². The van der Waals surface area contributed by atoms with E-state index in [1.807, 2.05) is 6.33 Å². The molecule has 0 unspecified atom stereocenters. The number of benzene rings is 1. The Kier molecular flexibility index (Phi) is 2.88. The van der Waals surface area contributed by atoms with Gasteiger partial charge in [0.15, 0.2) is 5.82 Å². The summed E-state index contributed by atoms with van der Waals surface area (Å²) in [7, 11) is 0. The van der Waals surface area contributed by atoms with Gasteiger partial charge in [-0.3, -0.25) is 0 Å². The molecule has 0 spiro atoms. The molecule has 0 fully saturated rings. The predicted octanol–water partition coefficient (Wildman–Crippen LogP) is 2.20. The van der Waals surface area contributed by atoms with Crippen LogP contribution in [0.25, 0.3) is 11.4 Å². The molecule has 0 amide bonds. The van der Waals surface area contributed by atoms with Gasteiger partial charge in [0, 0.05) is 25.2 Å². The topological polar surface area (TPSA) is 42.7 Å². The maximum absolute atomic E-state index is 4.26. The van der Waals surface area contributed by atoms with Gasteiger partial charge in [0.25, 0.3) is 0 Å². The highest BCUT2D eigenvalue weighted by Gasteiger charge is 2.14. The zero-order valence-corrected chi connectivity index (χ0v) is 10.8. The van der Waals surface area contributed by atoms with E-state index in [1.54, 1.807) is 0 Å². The zero-order valence-electron chi connectivity index (χ0n) is 10.8. The van der Waals surface area contributed by atoms with Crippen LogP contribution in [0.1, 0.15) is 25.0 Å². The highest BCUT2D eigenvalue weighted by Crippen LogP contribution is 2.24. The molecule has 0 radical (unpaired) electrons. The molecule has 2 aromatic rings. The molecule has 3 rings (SSSR count). The highest BCUT2D eigenvalue weighted by atomic mass is 15.3. The third-order valence-electron chi connectivity index (χ3n) is 3.27. The summed E-state index contributed by atoms with van der Waals surface area (Å²) < 4.78 is 2.13. The molecule has 4 nitrogen and oxygen atoms in total. The number of aromatic nitrogens is 3. The quantitative estimate of drug-likeness (QED) is 0.897. The second kappa shape index (κ2) is 4.53. The molecule has 94 valence electrons. The Balaban J connectivity index is 1.97. The normalized spacial score (nSPS) is 14.2. The van der Waals surface area contributed by atoms with Crippen LogP contribution in [0, 0.1) is 5.92 Å². The van der Waals surface area contributed by atoms with Gasteiger partial charge in [0.2, 0.25) is 0 Å². The number of nitrogens with one attached hydrogen (secondary N) is 1. The van der Waals surface area contributed by atoms with Crippen molar-refractivity contribution in [1.82, 2.24) is 20.1 Å². The molecular formula is C14H18N4. The average molecular weight is 242 g/mol. The van der Waals surface area contributed by atoms with Crippen LogP contribution in [0.4, 0.5) is 0 Å². The third kappa shape index (κ3) is 2.04. The summed E-state index contributed by atoms with van der Waals surface area (Å²) in [6.45, 7) is 7.31. The number of hydrogen-bond acceptors (Lipinski definition) is 3. The molecule has 1 aromatic carbocycles. The summed E-state index contributed by atoms with van der Waals surface area (Å²) in [5, 5.41) is 11.7. The van der Waals surface area contributed by atoms with E-state index in [0.717, 1.165) is 31.0 Å². The van der Waals surface area contributed by atoms with Crippen molar-refractivity contribution in [2.45, 2.75) is 33.5 Å². The van der Waals surface area contributed by atoms with Crippen molar-refractivity contribution in [3.63, 3.8) is 0 Å². The largest absolute Gasteiger partial charge is 0.313 e. The van der Waals surface area contributed by atoms with E-state index in [1.165, 1.54) is 11.1 Å². The van der Waals surface area contributed by atoms with Crippen molar-refractivity contribution in [2.75, 3.05) is 0 Å². The van der Waals surface area contributed by atoms with Crippen molar-refractivity contribution in [2.24, 2.45) is 5.92 Å². The molecule has 1 aromatic heterocycles. The van der Waals surface area contributed by atoms with Gasteiger partial charge in [0.05, 0.1) is 0 Å². The van der Waals surface area contributed by atoms with Crippen LogP contribution in [0.3, 0.4) is 0 Å². The lowest BCUT2D eigenvalue weighted by atomic mass is 10.1. The van der Waals surface area contributed by atoms with Crippen LogP contribution >= 0.6 is 0 Å². The highest BCUT2D eigenvalue weighted by molar-refractivity contribution is 5.58. The fourth-order valence-corrected chi connectivity index (χ4v) is 2.44. The fraction of sp³-hybridized carbons (Fsp3) is 0.429. The molecule has 0 saturated heterocycles. The first kappa shape index (κ1) is 11.4. The second-order valence-corrected chi connectivity index (χ2v) is 5.29.